The maximum atomic E-state index is 8.88. The summed E-state index contributed by atoms with van der Waals surface area (Å²) in [6, 6.07) is 2.69. The van der Waals surface area contributed by atoms with Gasteiger partial charge in [-0.25, -0.2) is 0 Å². The molecule has 4 heteroatoms. The average Bonchev–Trinajstić information content (AvgIpc) is 2.55. The summed E-state index contributed by atoms with van der Waals surface area (Å²) in [6.07, 6.45) is 0.763. The number of nitrogens with one attached hydrogen (secondary N) is 1. The molecule has 1 aromatic rings. The lowest BCUT2D eigenvalue weighted by molar-refractivity contribution is 0.263. The number of aryl methyl sites for hydroxylation is 2. The van der Waals surface area contributed by atoms with E-state index in [1.54, 1.807) is 0 Å². The molecule has 0 radical (unpaired) electrons. The van der Waals surface area contributed by atoms with Crippen molar-refractivity contribution in [1.29, 1.82) is 0 Å². The van der Waals surface area contributed by atoms with Gasteiger partial charge >= 0.3 is 0 Å². The van der Waals surface area contributed by atoms with Crippen molar-refractivity contribution < 1.29 is 5.11 Å². The van der Waals surface area contributed by atoms with Crippen molar-refractivity contribution in [2.24, 2.45) is 5.73 Å². The largest absolute Gasteiger partial charge is 0.396 e. The fourth-order valence-electron chi connectivity index (χ4n) is 1.90. The fourth-order valence-corrected chi connectivity index (χ4v) is 2.89. The van der Waals surface area contributed by atoms with Gasteiger partial charge in [0.15, 0.2) is 0 Å². The molecule has 3 nitrogen and oxygen atoms in total. The molecule has 0 aromatic carbocycles. The molecule has 1 heterocycles. The molecule has 2 atom stereocenters. The summed E-state index contributed by atoms with van der Waals surface area (Å²) in [5.41, 5.74) is 7.11. The summed E-state index contributed by atoms with van der Waals surface area (Å²) in [5.74, 6) is 0. The summed E-state index contributed by atoms with van der Waals surface area (Å²) < 4.78 is 0. The van der Waals surface area contributed by atoms with Gasteiger partial charge in [0, 0.05) is 35.0 Å². The van der Waals surface area contributed by atoms with E-state index in [1.807, 2.05) is 11.3 Å². The van der Waals surface area contributed by atoms with Crippen molar-refractivity contribution in [3.8, 4) is 0 Å². The van der Waals surface area contributed by atoms with Gasteiger partial charge in [-0.05, 0) is 38.8 Å². The van der Waals surface area contributed by atoms with E-state index in [1.165, 1.54) is 15.3 Å². The highest BCUT2D eigenvalue weighted by molar-refractivity contribution is 7.12. The maximum absolute atomic E-state index is 8.88. The van der Waals surface area contributed by atoms with Crippen LogP contribution in [0.15, 0.2) is 6.07 Å². The second-order valence-electron chi connectivity index (χ2n) is 4.24. The minimum atomic E-state index is 0.200. The van der Waals surface area contributed by atoms with Crippen LogP contribution < -0.4 is 11.1 Å². The zero-order valence-corrected chi connectivity index (χ0v) is 11.1. The number of thiophene rings is 1. The molecule has 0 aliphatic heterocycles. The number of aliphatic hydroxyl groups excluding tert-OH is 1. The third kappa shape index (κ3) is 3.56. The minimum Gasteiger partial charge on any atom is -0.396 e. The molecule has 0 fully saturated rings. The van der Waals surface area contributed by atoms with Gasteiger partial charge in [0.25, 0.3) is 0 Å². The van der Waals surface area contributed by atoms with Crippen molar-refractivity contribution in [3.05, 3.63) is 21.4 Å². The number of hydrogen-bond acceptors (Lipinski definition) is 4. The molecule has 1 rings (SSSR count). The SMILES string of the molecule is Cc1cc(C(CN)NC(C)CCO)c(C)s1. The summed E-state index contributed by atoms with van der Waals surface area (Å²) in [6.45, 7) is 7.13. The molecule has 0 amide bonds. The Hall–Kier alpha value is -0.420. The van der Waals surface area contributed by atoms with Gasteiger partial charge in [-0.2, -0.15) is 0 Å². The van der Waals surface area contributed by atoms with E-state index in [0.29, 0.717) is 6.54 Å². The summed E-state index contributed by atoms with van der Waals surface area (Å²) in [7, 11) is 0. The fraction of sp³-hybridized carbons (Fsp3) is 0.667. The molecule has 4 N–H and O–H groups in total. The molecule has 0 aliphatic carbocycles. The van der Waals surface area contributed by atoms with Gasteiger partial charge in [0.05, 0.1) is 0 Å². The molecular weight excluding hydrogens is 220 g/mol. The first kappa shape index (κ1) is 13.6. The van der Waals surface area contributed by atoms with Gasteiger partial charge in [-0.15, -0.1) is 11.3 Å². The molecule has 2 unspecified atom stereocenters. The second-order valence-corrected chi connectivity index (χ2v) is 5.70. The molecule has 0 saturated carbocycles. The Morgan fingerprint density at radius 3 is 2.62 bits per heavy atom. The van der Waals surface area contributed by atoms with Crippen LogP contribution in [0.3, 0.4) is 0 Å². The molecule has 1 aromatic heterocycles. The van der Waals surface area contributed by atoms with Crippen molar-refractivity contribution in [2.45, 2.75) is 39.3 Å². The van der Waals surface area contributed by atoms with Gasteiger partial charge < -0.3 is 16.2 Å². The smallest absolute Gasteiger partial charge is 0.0457 e. The van der Waals surface area contributed by atoms with Crippen LogP contribution in [0.4, 0.5) is 0 Å². The van der Waals surface area contributed by atoms with Gasteiger partial charge in [0.2, 0.25) is 0 Å². The van der Waals surface area contributed by atoms with E-state index in [0.717, 1.165) is 6.42 Å². The number of rotatable bonds is 6. The van der Waals surface area contributed by atoms with E-state index in [9.17, 15) is 0 Å². The first-order chi connectivity index (χ1) is 7.58. The van der Waals surface area contributed by atoms with Crippen LogP contribution in [0.2, 0.25) is 0 Å². The van der Waals surface area contributed by atoms with Crippen molar-refractivity contribution in [3.63, 3.8) is 0 Å². The van der Waals surface area contributed by atoms with Crippen LogP contribution in [0, 0.1) is 13.8 Å². The van der Waals surface area contributed by atoms with Crippen molar-refractivity contribution in [2.75, 3.05) is 13.2 Å². The third-order valence-electron chi connectivity index (χ3n) is 2.74. The molecule has 0 bridgehead atoms. The van der Waals surface area contributed by atoms with Gasteiger partial charge in [-0.1, -0.05) is 0 Å². The Kier molecular flexibility index (Phi) is 5.41. The minimum absolute atomic E-state index is 0.200. The summed E-state index contributed by atoms with van der Waals surface area (Å²) in [5, 5.41) is 12.3. The lowest BCUT2D eigenvalue weighted by Crippen LogP contribution is -2.35. The van der Waals surface area contributed by atoms with E-state index in [-0.39, 0.29) is 18.7 Å². The van der Waals surface area contributed by atoms with Crippen LogP contribution in [0.25, 0.3) is 0 Å². The molecular formula is C12H22N2OS. The van der Waals surface area contributed by atoms with E-state index in [4.69, 9.17) is 10.8 Å². The first-order valence-electron chi connectivity index (χ1n) is 5.72. The van der Waals surface area contributed by atoms with Crippen LogP contribution in [0.5, 0.6) is 0 Å². The predicted octanol–water partition coefficient (Wildman–Crippen LogP) is 1.73. The standard InChI is InChI=1S/C12H22N2OS/c1-8(4-5-15)14-12(7-13)11-6-9(2)16-10(11)3/h6,8,12,14-15H,4-5,7,13H2,1-3H3. The Balaban J connectivity index is 2.70. The van der Waals surface area contributed by atoms with Crippen molar-refractivity contribution >= 4 is 11.3 Å². The van der Waals surface area contributed by atoms with Crippen LogP contribution in [-0.2, 0) is 0 Å². The summed E-state index contributed by atoms with van der Waals surface area (Å²) in [4.78, 5) is 2.65. The zero-order chi connectivity index (χ0) is 12.1. The number of aliphatic hydroxyl groups is 1. The topological polar surface area (TPSA) is 58.3 Å². The first-order valence-corrected chi connectivity index (χ1v) is 6.54. The lowest BCUT2D eigenvalue weighted by atomic mass is 10.1. The normalized spacial score (nSPS) is 15.1. The monoisotopic (exact) mass is 242 g/mol. The van der Waals surface area contributed by atoms with E-state index < -0.39 is 0 Å². The highest BCUT2D eigenvalue weighted by Crippen LogP contribution is 2.26. The number of hydrogen-bond donors (Lipinski definition) is 3. The van der Waals surface area contributed by atoms with Crippen LogP contribution >= 0.6 is 11.3 Å². The average molecular weight is 242 g/mol. The van der Waals surface area contributed by atoms with Crippen molar-refractivity contribution in [1.82, 2.24) is 5.32 Å². The Morgan fingerprint density at radius 2 is 2.19 bits per heavy atom. The zero-order valence-electron chi connectivity index (χ0n) is 10.3. The van der Waals surface area contributed by atoms with Crippen LogP contribution in [-0.4, -0.2) is 24.3 Å². The lowest BCUT2D eigenvalue weighted by Gasteiger charge is -2.21. The quantitative estimate of drug-likeness (QED) is 0.712. The Morgan fingerprint density at radius 1 is 1.50 bits per heavy atom. The van der Waals surface area contributed by atoms with Gasteiger partial charge in [-0.3, -0.25) is 0 Å². The predicted molar refractivity (Wildman–Crippen MR) is 69.9 cm³/mol. The second kappa shape index (κ2) is 6.35. The van der Waals surface area contributed by atoms with E-state index >= 15 is 0 Å². The molecule has 0 saturated heterocycles. The highest BCUT2D eigenvalue weighted by atomic mass is 32.1. The van der Waals surface area contributed by atoms with Gasteiger partial charge in [0.1, 0.15) is 0 Å². The molecule has 0 aliphatic rings. The Bertz CT molecular complexity index is 325. The molecule has 92 valence electrons. The maximum Gasteiger partial charge on any atom is 0.0457 e. The van der Waals surface area contributed by atoms with Crippen LogP contribution in [0.1, 0.15) is 34.7 Å². The molecule has 0 spiro atoms. The Labute approximate surface area is 102 Å². The number of nitrogens with two attached hydrogens (primary N) is 1. The summed E-state index contributed by atoms with van der Waals surface area (Å²) >= 11 is 1.81. The highest BCUT2D eigenvalue weighted by Gasteiger charge is 2.16. The molecule has 16 heavy (non-hydrogen) atoms. The third-order valence-corrected chi connectivity index (χ3v) is 3.72. The van der Waals surface area contributed by atoms with E-state index in [2.05, 4.69) is 32.2 Å².